The van der Waals surface area contributed by atoms with Crippen LogP contribution in [0.15, 0.2) is 12.3 Å². The van der Waals surface area contributed by atoms with Gasteiger partial charge in [0, 0.05) is 25.2 Å². The average Bonchev–Trinajstić information content (AvgIpc) is 2.68. The van der Waals surface area contributed by atoms with Gasteiger partial charge in [0.15, 0.2) is 0 Å². The summed E-state index contributed by atoms with van der Waals surface area (Å²) in [5, 5.41) is 16.6. The third kappa shape index (κ3) is 2.35. The van der Waals surface area contributed by atoms with Crippen LogP contribution in [0.25, 0.3) is 0 Å². The SMILES string of the molecule is CC(C)n1cc([N+](=O)[O-])cc1C(=O)NC1CNC1. The maximum Gasteiger partial charge on any atom is 0.287 e. The number of nitro groups is 1. The maximum atomic E-state index is 12.0. The van der Waals surface area contributed by atoms with Crippen LogP contribution in [0, 0.1) is 10.1 Å². The van der Waals surface area contributed by atoms with Crippen LogP contribution in [0.1, 0.15) is 30.4 Å². The molecular weight excluding hydrogens is 236 g/mol. The van der Waals surface area contributed by atoms with Crippen molar-refractivity contribution < 1.29 is 9.72 Å². The average molecular weight is 252 g/mol. The van der Waals surface area contributed by atoms with E-state index in [-0.39, 0.29) is 23.7 Å². The molecule has 0 aliphatic carbocycles. The van der Waals surface area contributed by atoms with E-state index >= 15 is 0 Å². The van der Waals surface area contributed by atoms with E-state index in [9.17, 15) is 14.9 Å². The Labute approximate surface area is 104 Å². The molecule has 2 rings (SSSR count). The van der Waals surface area contributed by atoms with Gasteiger partial charge in [-0.15, -0.1) is 0 Å². The Hall–Kier alpha value is -1.89. The van der Waals surface area contributed by atoms with E-state index in [0.29, 0.717) is 5.69 Å². The van der Waals surface area contributed by atoms with E-state index in [2.05, 4.69) is 10.6 Å². The zero-order valence-corrected chi connectivity index (χ0v) is 10.3. The Morgan fingerprint density at radius 1 is 1.61 bits per heavy atom. The Balaban J connectivity index is 2.23. The Kier molecular flexibility index (Phi) is 3.33. The lowest BCUT2D eigenvalue weighted by atomic mass is 10.2. The van der Waals surface area contributed by atoms with Gasteiger partial charge in [0.1, 0.15) is 5.69 Å². The van der Waals surface area contributed by atoms with Gasteiger partial charge in [-0.25, -0.2) is 0 Å². The minimum absolute atomic E-state index is 0.000958. The van der Waals surface area contributed by atoms with Crippen LogP contribution < -0.4 is 10.6 Å². The lowest BCUT2D eigenvalue weighted by Gasteiger charge is -2.28. The van der Waals surface area contributed by atoms with Crippen LogP contribution in [-0.2, 0) is 0 Å². The standard InChI is InChI=1S/C11H16N4O3/c1-7(2)14-6-9(15(17)18)3-10(14)11(16)13-8-4-12-5-8/h3,6-8,12H,4-5H2,1-2H3,(H,13,16). The number of rotatable bonds is 4. The molecule has 0 radical (unpaired) electrons. The largest absolute Gasteiger partial charge is 0.345 e. The van der Waals surface area contributed by atoms with Gasteiger partial charge < -0.3 is 15.2 Å². The monoisotopic (exact) mass is 252 g/mol. The molecule has 0 spiro atoms. The van der Waals surface area contributed by atoms with Crippen LogP contribution in [0.5, 0.6) is 0 Å². The molecule has 7 heteroatoms. The van der Waals surface area contributed by atoms with Crippen LogP contribution in [0.3, 0.4) is 0 Å². The summed E-state index contributed by atoms with van der Waals surface area (Å²) in [6.07, 6.45) is 1.40. The number of carbonyl (C=O) groups is 1. The molecule has 1 aliphatic heterocycles. The normalized spacial score (nSPS) is 15.5. The summed E-state index contributed by atoms with van der Waals surface area (Å²) in [4.78, 5) is 22.3. The molecule has 0 unspecified atom stereocenters. The van der Waals surface area contributed by atoms with Gasteiger partial charge in [0.05, 0.1) is 17.2 Å². The molecule has 1 saturated heterocycles. The number of nitrogens with zero attached hydrogens (tertiary/aromatic N) is 2. The molecule has 1 amide bonds. The van der Waals surface area contributed by atoms with Crippen molar-refractivity contribution in [3.63, 3.8) is 0 Å². The Morgan fingerprint density at radius 2 is 2.28 bits per heavy atom. The summed E-state index contributed by atoms with van der Waals surface area (Å²) >= 11 is 0. The smallest absolute Gasteiger partial charge is 0.287 e. The van der Waals surface area contributed by atoms with Crippen molar-refractivity contribution in [2.75, 3.05) is 13.1 Å². The summed E-state index contributed by atoms with van der Waals surface area (Å²) < 4.78 is 1.62. The summed E-state index contributed by atoms with van der Waals surface area (Å²) in [5.74, 6) is -0.261. The van der Waals surface area contributed by atoms with Crippen LogP contribution in [-0.4, -0.2) is 34.5 Å². The van der Waals surface area contributed by atoms with Crippen LogP contribution in [0.4, 0.5) is 5.69 Å². The van der Waals surface area contributed by atoms with Crippen molar-refractivity contribution in [1.82, 2.24) is 15.2 Å². The van der Waals surface area contributed by atoms with Crippen LogP contribution >= 0.6 is 0 Å². The zero-order valence-electron chi connectivity index (χ0n) is 10.3. The van der Waals surface area contributed by atoms with Gasteiger partial charge in [-0.1, -0.05) is 0 Å². The summed E-state index contributed by atoms with van der Waals surface area (Å²) in [6, 6.07) is 1.44. The first kappa shape index (κ1) is 12.6. The van der Waals surface area contributed by atoms with Crippen molar-refractivity contribution >= 4 is 11.6 Å². The number of hydrogen-bond donors (Lipinski definition) is 2. The molecule has 2 heterocycles. The number of aromatic nitrogens is 1. The third-order valence-electron chi connectivity index (χ3n) is 2.95. The molecule has 98 valence electrons. The van der Waals surface area contributed by atoms with Crippen molar-refractivity contribution in [2.24, 2.45) is 0 Å². The minimum Gasteiger partial charge on any atom is -0.345 e. The topological polar surface area (TPSA) is 89.2 Å². The molecule has 0 bridgehead atoms. The van der Waals surface area contributed by atoms with E-state index < -0.39 is 4.92 Å². The highest BCUT2D eigenvalue weighted by Crippen LogP contribution is 2.20. The maximum absolute atomic E-state index is 12.0. The quantitative estimate of drug-likeness (QED) is 0.609. The Morgan fingerprint density at radius 3 is 2.72 bits per heavy atom. The molecule has 1 aliphatic rings. The highest BCUT2D eigenvalue weighted by atomic mass is 16.6. The molecule has 0 aromatic carbocycles. The predicted octanol–water partition coefficient (Wildman–Crippen LogP) is 0.679. The van der Waals surface area contributed by atoms with E-state index in [1.165, 1.54) is 12.3 Å². The van der Waals surface area contributed by atoms with Crippen molar-refractivity contribution in [3.05, 3.63) is 28.1 Å². The molecule has 0 saturated carbocycles. The van der Waals surface area contributed by atoms with E-state index in [1.54, 1.807) is 4.57 Å². The molecule has 1 aromatic rings. The second kappa shape index (κ2) is 4.77. The molecule has 2 N–H and O–H groups in total. The number of nitrogens with one attached hydrogen (secondary N) is 2. The fourth-order valence-corrected chi connectivity index (χ4v) is 1.82. The van der Waals surface area contributed by atoms with Gasteiger partial charge in [-0.2, -0.15) is 0 Å². The van der Waals surface area contributed by atoms with Crippen molar-refractivity contribution in [2.45, 2.75) is 25.9 Å². The molecule has 7 nitrogen and oxygen atoms in total. The van der Waals surface area contributed by atoms with Gasteiger partial charge in [-0.3, -0.25) is 14.9 Å². The van der Waals surface area contributed by atoms with E-state index in [4.69, 9.17) is 0 Å². The lowest BCUT2D eigenvalue weighted by molar-refractivity contribution is -0.384. The Bertz CT molecular complexity index is 477. The fourth-order valence-electron chi connectivity index (χ4n) is 1.82. The predicted molar refractivity (Wildman–Crippen MR) is 65.6 cm³/mol. The number of hydrogen-bond acceptors (Lipinski definition) is 4. The zero-order chi connectivity index (χ0) is 13.3. The summed E-state index contributed by atoms with van der Waals surface area (Å²) in [6.45, 7) is 5.25. The number of carbonyl (C=O) groups excluding carboxylic acids is 1. The summed E-state index contributed by atoms with van der Waals surface area (Å²) in [7, 11) is 0. The molecule has 1 aromatic heterocycles. The van der Waals surface area contributed by atoms with Gasteiger partial charge in [0.2, 0.25) is 0 Å². The van der Waals surface area contributed by atoms with Crippen molar-refractivity contribution in [1.29, 1.82) is 0 Å². The van der Waals surface area contributed by atoms with Gasteiger partial charge in [0.25, 0.3) is 11.6 Å². The molecule has 1 fully saturated rings. The lowest BCUT2D eigenvalue weighted by Crippen LogP contribution is -2.57. The highest BCUT2D eigenvalue weighted by Gasteiger charge is 2.24. The second-order valence-corrected chi connectivity index (χ2v) is 4.67. The minimum atomic E-state index is -0.486. The molecule has 0 atom stereocenters. The molecular formula is C11H16N4O3. The first-order valence-electron chi connectivity index (χ1n) is 5.87. The van der Waals surface area contributed by atoms with Gasteiger partial charge in [-0.05, 0) is 13.8 Å². The number of amides is 1. The first-order chi connectivity index (χ1) is 8.49. The highest BCUT2D eigenvalue weighted by molar-refractivity contribution is 5.93. The van der Waals surface area contributed by atoms with Crippen molar-refractivity contribution in [3.8, 4) is 0 Å². The van der Waals surface area contributed by atoms with Crippen LogP contribution in [0.2, 0.25) is 0 Å². The third-order valence-corrected chi connectivity index (χ3v) is 2.95. The molecule has 18 heavy (non-hydrogen) atoms. The van der Waals surface area contributed by atoms with E-state index in [0.717, 1.165) is 13.1 Å². The summed E-state index contributed by atoms with van der Waals surface area (Å²) in [5.41, 5.74) is 0.282. The fraction of sp³-hybridized carbons (Fsp3) is 0.545. The first-order valence-corrected chi connectivity index (χ1v) is 5.87. The van der Waals surface area contributed by atoms with Gasteiger partial charge >= 0.3 is 0 Å². The second-order valence-electron chi connectivity index (χ2n) is 4.67. The van der Waals surface area contributed by atoms with E-state index in [1.807, 2.05) is 13.8 Å².